The Morgan fingerprint density at radius 2 is 0.407 bits per heavy atom. The SMILES string of the molecule is Cc1cccc(C=NC2CC3CCCC32)c1O.Cc1cccc(C=NC2CC3CCCCC32)c1O.Cc1cccc(C=NC2CCC3CC32)c1O.Cc1cccc(C=NC2CCC3CCC32)c1O.Cc1cccc(C=NC2CCC3CCCC32)c1O.Cc1cccc(C=NC2CCC3CCCCC32)c1O.[Cl][Zr][Cl].[Cl][Zr][Cl].[Cl][Zr][Cl].[Cl][Zr][Cl].[Cl][Zr][Cl].[Cl][Zr][Cl]. The number of phenolic OH excluding ortho intramolecular Hbond substituents is 6. The minimum atomic E-state index is -0.826. The number of hydrogen-bond acceptors (Lipinski definition) is 12. The van der Waals surface area contributed by atoms with Crippen molar-refractivity contribution in [3.63, 3.8) is 0 Å². The summed E-state index contributed by atoms with van der Waals surface area (Å²) in [7, 11) is 59.2. The number of rotatable bonds is 12. The molecule has 30 heteroatoms. The summed E-state index contributed by atoms with van der Waals surface area (Å²) in [6.07, 6.45) is 47.6. The summed E-state index contributed by atoms with van der Waals surface area (Å²) in [6.45, 7) is 11.5. The quantitative estimate of drug-likeness (QED) is 0.0660. The predicted molar refractivity (Wildman–Crippen MR) is 502 cm³/mol. The van der Waals surface area contributed by atoms with Crippen LogP contribution in [0.4, 0.5) is 0 Å². The van der Waals surface area contributed by atoms with Crippen LogP contribution in [0.25, 0.3) is 0 Å². The first-order chi connectivity index (χ1) is 59.5. The first-order valence-corrected chi connectivity index (χ1v) is 81.2. The maximum atomic E-state index is 10.0. The molecule has 0 spiro atoms. The molecule has 0 amide bonds. The number of aryl methyl sites for hydroxylation is 6. The number of aliphatic imine (C=N–C) groups is 6. The van der Waals surface area contributed by atoms with Crippen LogP contribution in [-0.4, -0.2) is 104 Å². The van der Waals surface area contributed by atoms with Gasteiger partial charge in [-0.05, 0) is 291 Å². The molecule has 12 aliphatic carbocycles. The molecule has 0 bridgehead atoms. The van der Waals surface area contributed by atoms with E-state index in [-0.39, 0.29) is 0 Å². The minimum absolute atomic E-state index is 0.372. The fourth-order valence-corrected chi connectivity index (χ4v) is 20.3. The number of halogens is 12. The Hall–Kier alpha value is 0.919. The van der Waals surface area contributed by atoms with Gasteiger partial charge in [0.05, 0.1) is 36.3 Å². The van der Waals surface area contributed by atoms with E-state index in [9.17, 15) is 30.6 Å². The number of para-hydroxylation sites is 6. The van der Waals surface area contributed by atoms with Crippen LogP contribution in [0.5, 0.6) is 34.5 Å². The van der Waals surface area contributed by atoms with Gasteiger partial charge in [-0.1, -0.05) is 137 Å². The van der Waals surface area contributed by atoms with Crippen LogP contribution in [0.2, 0.25) is 0 Å². The fourth-order valence-electron chi connectivity index (χ4n) is 20.3. The molecule has 12 nitrogen and oxygen atoms in total. The van der Waals surface area contributed by atoms with Crippen molar-refractivity contribution < 1.29 is 156 Å². The zero-order valence-electron chi connectivity index (χ0n) is 71.2. The standard InChI is InChI=1S/C17H23NO.2C16H21NO.2C15H19NO.C14H17NO.12ClH.6Zr/c1-12-5-4-7-14(17(12)19)11-18-16-10-9-13-6-2-3-8-15(13)16;1-11-4-2-6-13(16(11)18)10-17-15-9-8-12-5-3-7-14(12)15;1-11-5-4-7-13(16(11)18)10-17-15-9-12-6-2-3-8-14(12)15;1-10-4-2-6-12(15(10)17)9-16-14-8-11-5-3-7-13(11)14;1-10-3-2-4-12(15(10)17)9-16-14-8-6-11-5-7-13(11)14;1-9-3-2-4-11(14(9)16)8-15-13-6-5-10-7-12(10)13;;;;;;;;;;;;;;;;;;/h4-5,7,11,13,15-16,19H,2-3,6,8-10H2,1H3;2,4,6,10,12,14-15,18H,3,5,7-9H2,1H3;4-5,7,10,12,14-15,18H,2-3,6,8-9H2,1H3;2,4,6,9,11,13-14,17H,3,5,7-8H2,1H3;2-4,9,11,13-14,17H,5-8H2,1H3;2-4,8,10,12-13,16H,5-7H2,1H3;12*1H;;;;;;/q;;;;;;;;;;;;;;;;;;6*+2/p-12. The van der Waals surface area contributed by atoms with Crippen molar-refractivity contribution in [1.82, 2.24) is 0 Å². The van der Waals surface area contributed by atoms with Crippen molar-refractivity contribution >= 4 is 139 Å². The number of benzene rings is 6. The predicted octanol–water partition coefficient (Wildman–Crippen LogP) is 29.3. The molecule has 18 rings (SSSR count). The van der Waals surface area contributed by atoms with Gasteiger partial charge < -0.3 is 30.6 Å². The molecule has 0 radical (unpaired) electrons. The van der Waals surface area contributed by atoms with E-state index in [0.29, 0.717) is 70.7 Å². The summed E-state index contributed by atoms with van der Waals surface area (Å²) in [5.41, 5.74) is 10.6. The zero-order chi connectivity index (χ0) is 89.3. The number of aromatic hydroxyl groups is 6. The van der Waals surface area contributed by atoms with Gasteiger partial charge in [-0.15, -0.1) is 0 Å². The zero-order valence-corrected chi connectivity index (χ0v) is 95.1. The molecule has 0 aliphatic heterocycles. The molecule has 12 fully saturated rings. The van der Waals surface area contributed by atoms with Crippen LogP contribution < -0.4 is 0 Å². The molecule has 0 aromatic heterocycles. The molecular weight excluding hydrogens is 2270 g/mol. The van der Waals surface area contributed by atoms with E-state index in [1.807, 2.05) is 188 Å². The van der Waals surface area contributed by atoms with Crippen LogP contribution in [0.15, 0.2) is 139 Å². The normalized spacial score (nSPS) is 27.4. The Balaban J connectivity index is 0.000000195. The molecule has 123 heavy (non-hydrogen) atoms. The molecule has 0 saturated heterocycles. The maximum absolute atomic E-state index is 10.0. The topological polar surface area (TPSA) is 196 Å². The van der Waals surface area contributed by atoms with Gasteiger partial charge >= 0.3 is 227 Å². The van der Waals surface area contributed by atoms with E-state index in [2.05, 4.69) is 9.98 Å². The Kier molecular flexibility index (Phi) is 55.7. The van der Waals surface area contributed by atoms with Gasteiger partial charge in [0.2, 0.25) is 0 Å². The van der Waals surface area contributed by atoms with Crippen molar-refractivity contribution in [1.29, 1.82) is 0 Å². The Bertz CT molecular complexity index is 4290. The molecule has 18 atom stereocenters. The van der Waals surface area contributed by atoms with Gasteiger partial charge in [-0.25, -0.2) is 0 Å². The number of phenols is 6. The van der Waals surface area contributed by atoms with Crippen LogP contribution in [0.3, 0.4) is 0 Å². The summed E-state index contributed by atoms with van der Waals surface area (Å²) in [5.74, 6) is 12.8. The van der Waals surface area contributed by atoms with E-state index in [4.69, 9.17) is 122 Å². The summed E-state index contributed by atoms with van der Waals surface area (Å²) < 4.78 is 0. The van der Waals surface area contributed by atoms with Crippen LogP contribution in [0.1, 0.15) is 240 Å². The van der Waals surface area contributed by atoms with Crippen molar-refractivity contribution in [2.24, 2.45) is 101 Å². The van der Waals surface area contributed by atoms with Gasteiger partial charge in [0.1, 0.15) is 34.5 Å². The first kappa shape index (κ1) is 111. The van der Waals surface area contributed by atoms with Gasteiger partial charge in [-0.2, -0.15) is 0 Å². The second-order valence-corrected chi connectivity index (χ2v) is 56.5. The summed E-state index contributed by atoms with van der Waals surface area (Å²) in [5, 5.41) is 59.6. The summed E-state index contributed by atoms with van der Waals surface area (Å²) >= 11 is -4.95. The molecule has 6 aromatic carbocycles. The molecule has 666 valence electrons. The Labute approximate surface area is 845 Å². The number of fused-ring (bicyclic) bond motifs is 6. The van der Waals surface area contributed by atoms with Gasteiger partial charge in [0.25, 0.3) is 0 Å². The second-order valence-electron chi connectivity index (χ2n) is 34.1. The third-order valence-electron chi connectivity index (χ3n) is 27.3. The monoisotopic (exact) mass is 2380 g/mol. The Morgan fingerprint density at radius 1 is 0.220 bits per heavy atom. The van der Waals surface area contributed by atoms with Crippen LogP contribution in [0, 0.1) is 113 Å². The van der Waals surface area contributed by atoms with Gasteiger partial charge in [0, 0.05) is 70.7 Å². The first-order valence-electron chi connectivity index (χ1n) is 43.2. The van der Waals surface area contributed by atoms with Crippen molar-refractivity contribution in [2.75, 3.05) is 0 Å². The molecule has 0 heterocycles. The molecule has 6 N–H and O–H groups in total. The van der Waals surface area contributed by atoms with E-state index in [0.717, 1.165) is 138 Å². The number of hydrogen-bond donors (Lipinski definition) is 6. The molecule has 6 aromatic rings. The van der Waals surface area contributed by atoms with Crippen molar-refractivity contribution in [2.45, 2.75) is 251 Å². The third kappa shape index (κ3) is 35.8. The Morgan fingerprint density at radius 3 is 0.659 bits per heavy atom. The molecule has 12 aliphatic rings. The average Bonchev–Trinajstić information content (AvgIpc) is 1.71. The van der Waals surface area contributed by atoms with Crippen molar-refractivity contribution in [3.05, 3.63) is 176 Å². The van der Waals surface area contributed by atoms with Gasteiger partial charge in [-0.3, -0.25) is 30.0 Å². The summed E-state index contributed by atoms with van der Waals surface area (Å²) in [4.78, 5) is 28.2. The van der Waals surface area contributed by atoms with Crippen LogP contribution in [-0.2, 0) is 125 Å². The second kappa shape index (κ2) is 61.8. The fraction of sp³-hybridized carbons (Fsp3) is 0.548. The number of nitrogens with zero attached hydrogens (tertiary/aromatic N) is 6. The molecule has 12 saturated carbocycles. The van der Waals surface area contributed by atoms with Crippen LogP contribution >= 0.6 is 102 Å². The van der Waals surface area contributed by atoms with Gasteiger partial charge in [0.15, 0.2) is 0 Å². The summed E-state index contributed by atoms with van der Waals surface area (Å²) in [6, 6.07) is 38.0. The molecule has 18 unspecified atom stereocenters. The average molecular weight is 2390 g/mol. The van der Waals surface area contributed by atoms with E-state index < -0.39 is 125 Å². The van der Waals surface area contributed by atoms with E-state index in [1.165, 1.54) is 173 Å². The van der Waals surface area contributed by atoms with E-state index in [1.54, 1.807) is 0 Å². The van der Waals surface area contributed by atoms with E-state index >= 15 is 0 Å². The molecular formula is C93H120Cl12N6O6Zr6. The third-order valence-corrected chi connectivity index (χ3v) is 27.3. The van der Waals surface area contributed by atoms with Crippen molar-refractivity contribution in [3.8, 4) is 34.5 Å².